The fraction of sp³-hybridized carbons (Fsp3) is 0.298. The second-order valence-corrected chi connectivity index (χ2v) is 17.5. The van der Waals surface area contributed by atoms with Crippen LogP contribution in [0.15, 0.2) is 82.1 Å². The smallest absolute Gasteiger partial charge is 0.363 e. The highest BCUT2D eigenvalue weighted by atomic mass is 32.2. The van der Waals surface area contributed by atoms with Gasteiger partial charge in [-0.15, -0.1) is 0 Å². The van der Waals surface area contributed by atoms with Gasteiger partial charge in [-0.25, -0.2) is 12.8 Å². The van der Waals surface area contributed by atoms with Crippen LogP contribution in [0.3, 0.4) is 0 Å². The van der Waals surface area contributed by atoms with Gasteiger partial charge < -0.3 is 25.8 Å². The number of anilines is 6. The molecule has 6 rings (SSSR count). The summed E-state index contributed by atoms with van der Waals surface area (Å²) in [5.41, 5.74) is 12.0. The number of hydrogen-bond donors (Lipinski definition) is 4. The van der Waals surface area contributed by atoms with Gasteiger partial charge in [-0.3, -0.25) is 9.59 Å². The monoisotopic (exact) mass is 800 g/mol. The quantitative estimate of drug-likeness (QED) is 0.0542. The zero-order chi connectivity index (χ0) is 42.2. The number of rotatable bonds is 12. The molecule has 11 heteroatoms. The van der Waals surface area contributed by atoms with Gasteiger partial charge in [-0.2, -0.15) is 0 Å². The maximum absolute atomic E-state index is 12.8. The predicted octanol–water partition coefficient (Wildman–Crippen LogP) is 11.7. The molecule has 0 fully saturated rings. The Morgan fingerprint density at radius 3 is 1.43 bits per heavy atom. The van der Waals surface area contributed by atoms with Crippen LogP contribution < -0.4 is 21.3 Å². The number of amides is 2. The Hall–Kier alpha value is -5.78. The van der Waals surface area contributed by atoms with Crippen molar-refractivity contribution in [3.63, 3.8) is 0 Å². The van der Waals surface area contributed by atoms with Gasteiger partial charge in [0.05, 0.1) is 27.8 Å². The van der Waals surface area contributed by atoms with E-state index in [9.17, 15) is 22.6 Å². The number of nitrogens with one attached hydrogen (secondary N) is 4. The molecule has 0 atom stereocenters. The SMILES string of the molecule is Cc1cc(C)c(Nc2ccc3c(-c4ccccc4S(=O)(=O)[O-])c4ccc(Nc5c(C)cc(C)c(NC(=O)CC(C)C)c5C)cc4[o+]c3c2)c(C)c1NC(=O)CC(C)C. The highest BCUT2D eigenvalue weighted by Gasteiger charge is 2.25. The summed E-state index contributed by atoms with van der Waals surface area (Å²) in [6.07, 6.45) is 0.821. The Morgan fingerprint density at radius 2 is 1.02 bits per heavy atom. The fourth-order valence-electron chi connectivity index (χ4n) is 7.78. The van der Waals surface area contributed by atoms with Crippen LogP contribution in [-0.4, -0.2) is 24.8 Å². The summed E-state index contributed by atoms with van der Waals surface area (Å²) < 4.78 is 44.5. The van der Waals surface area contributed by atoms with Gasteiger partial charge in [-0.05, 0) is 117 Å². The van der Waals surface area contributed by atoms with Crippen LogP contribution in [-0.2, 0) is 19.7 Å². The summed E-state index contributed by atoms with van der Waals surface area (Å²) >= 11 is 0. The van der Waals surface area contributed by atoms with E-state index in [0.717, 1.165) is 56.1 Å². The molecule has 10 nitrogen and oxygen atoms in total. The van der Waals surface area contributed by atoms with E-state index in [4.69, 9.17) is 4.42 Å². The van der Waals surface area contributed by atoms with E-state index in [-0.39, 0.29) is 34.1 Å². The molecule has 0 bridgehead atoms. The lowest BCUT2D eigenvalue weighted by atomic mass is 9.96. The van der Waals surface area contributed by atoms with E-state index in [2.05, 4.69) is 21.3 Å². The summed E-state index contributed by atoms with van der Waals surface area (Å²) in [5.74, 6) is 0.346. The first-order chi connectivity index (χ1) is 27.3. The van der Waals surface area contributed by atoms with E-state index in [0.29, 0.717) is 51.7 Å². The molecule has 0 radical (unpaired) electrons. The van der Waals surface area contributed by atoms with Crippen LogP contribution in [0.4, 0.5) is 34.1 Å². The van der Waals surface area contributed by atoms with Crippen molar-refractivity contribution in [2.24, 2.45) is 11.8 Å². The zero-order valence-corrected chi connectivity index (χ0v) is 35.7. The normalized spacial score (nSPS) is 11.7. The molecule has 58 heavy (non-hydrogen) atoms. The molecule has 5 aromatic carbocycles. The minimum atomic E-state index is -4.85. The Bertz CT molecular complexity index is 2580. The van der Waals surface area contributed by atoms with E-state index in [1.165, 1.54) is 12.1 Å². The van der Waals surface area contributed by atoms with Gasteiger partial charge in [-0.1, -0.05) is 58.0 Å². The second-order valence-electron chi connectivity index (χ2n) is 16.2. The molecule has 0 saturated carbocycles. The maximum atomic E-state index is 12.8. The minimum absolute atomic E-state index is 0.0457. The third-order valence-corrected chi connectivity index (χ3v) is 11.2. The van der Waals surface area contributed by atoms with Crippen molar-refractivity contribution >= 4 is 78.0 Å². The van der Waals surface area contributed by atoms with Crippen molar-refractivity contribution in [3.05, 3.63) is 106 Å². The first-order valence-corrected chi connectivity index (χ1v) is 21.0. The fourth-order valence-corrected chi connectivity index (χ4v) is 8.46. The lowest BCUT2D eigenvalue weighted by Gasteiger charge is -2.20. The molecule has 0 spiro atoms. The molecule has 0 unspecified atom stereocenters. The van der Waals surface area contributed by atoms with Crippen molar-refractivity contribution in [3.8, 4) is 11.1 Å². The molecule has 0 aliphatic carbocycles. The van der Waals surface area contributed by atoms with E-state index in [1.54, 1.807) is 12.1 Å². The second kappa shape index (κ2) is 16.6. The number of aryl methyl sites for hydroxylation is 4. The topological polar surface area (TPSA) is 151 Å². The first-order valence-electron chi connectivity index (χ1n) is 19.6. The Labute approximate surface area is 341 Å². The number of hydrogen-bond acceptors (Lipinski definition) is 7. The number of carbonyl (C=O) groups excluding carboxylic acids is 2. The number of fused-ring (bicyclic) bond motifs is 2. The highest BCUT2D eigenvalue weighted by Crippen LogP contribution is 2.43. The van der Waals surface area contributed by atoms with Crippen molar-refractivity contribution < 1.29 is 27.0 Å². The van der Waals surface area contributed by atoms with Gasteiger partial charge in [0.1, 0.15) is 10.1 Å². The average Bonchev–Trinajstić information content (AvgIpc) is 3.13. The first kappa shape index (κ1) is 41.8. The van der Waals surface area contributed by atoms with Crippen LogP contribution in [0.25, 0.3) is 33.1 Å². The van der Waals surface area contributed by atoms with E-state index in [1.807, 2.05) is 118 Å². The zero-order valence-electron chi connectivity index (χ0n) is 34.9. The van der Waals surface area contributed by atoms with Crippen molar-refractivity contribution in [2.75, 3.05) is 21.3 Å². The molecule has 1 heterocycles. The van der Waals surface area contributed by atoms with Crippen LogP contribution >= 0.6 is 0 Å². The van der Waals surface area contributed by atoms with Gasteiger partial charge in [0, 0.05) is 58.1 Å². The molecular formula is C47H52N4O6S. The van der Waals surface area contributed by atoms with Crippen LogP contribution in [0.5, 0.6) is 0 Å². The third-order valence-electron chi connectivity index (χ3n) is 10.3. The molecule has 4 N–H and O–H groups in total. The van der Waals surface area contributed by atoms with Crippen LogP contribution in [0.1, 0.15) is 73.9 Å². The highest BCUT2D eigenvalue weighted by molar-refractivity contribution is 7.85. The third kappa shape index (κ3) is 8.85. The largest absolute Gasteiger partial charge is 0.744 e. The summed E-state index contributed by atoms with van der Waals surface area (Å²) in [6.45, 7) is 20.0. The standard InChI is InChI=1S/C47H52N4O6S/c1-25(2)19-41(52)50-46-29(7)21-27(5)44(31(46)9)48-33-15-17-35-38(23-33)57-39-24-34(16-18-36(39)43(35)37-13-11-12-14-40(37)58(54,55)56)49-45-28(6)22-30(8)47(32(45)10)51-42(53)20-26(3)4/h11-18,21-26,48-49H,19-20H2,1-10H3,(H2-,50,51,52,53,54,55,56). The van der Waals surface area contributed by atoms with E-state index >= 15 is 0 Å². The summed E-state index contributed by atoms with van der Waals surface area (Å²) in [7, 11) is -4.85. The van der Waals surface area contributed by atoms with Crippen LogP contribution in [0.2, 0.25) is 0 Å². The minimum Gasteiger partial charge on any atom is -0.744 e. The Morgan fingerprint density at radius 1 is 0.603 bits per heavy atom. The molecule has 0 saturated heterocycles. The average molecular weight is 801 g/mol. The predicted molar refractivity (Wildman–Crippen MR) is 236 cm³/mol. The number of carbonyl (C=O) groups is 2. The van der Waals surface area contributed by atoms with Crippen molar-refractivity contribution in [1.82, 2.24) is 0 Å². The number of benzene rings is 5. The molecule has 2 amide bonds. The molecule has 1 aromatic heterocycles. The molecule has 0 aliphatic rings. The Kier molecular flexibility index (Phi) is 12.0. The lowest BCUT2D eigenvalue weighted by molar-refractivity contribution is -0.117. The molecule has 0 aliphatic heterocycles. The molecule has 6 aromatic rings. The maximum Gasteiger partial charge on any atom is 0.363 e. The summed E-state index contributed by atoms with van der Waals surface area (Å²) in [5, 5.41) is 14.5. The Balaban J connectivity index is 1.49. The van der Waals surface area contributed by atoms with Gasteiger partial charge in [0.2, 0.25) is 11.8 Å². The molecular weight excluding hydrogens is 749 g/mol. The summed E-state index contributed by atoms with van der Waals surface area (Å²) in [6, 6.07) is 21.5. The van der Waals surface area contributed by atoms with Gasteiger partial charge in [0.25, 0.3) is 0 Å². The molecule has 302 valence electrons. The van der Waals surface area contributed by atoms with Crippen LogP contribution in [0, 0.1) is 53.4 Å². The van der Waals surface area contributed by atoms with Gasteiger partial charge in [0.15, 0.2) is 0 Å². The van der Waals surface area contributed by atoms with Crippen molar-refractivity contribution in [1.29, 1.82) is 0 Å². The lowest BCUT2D eigenvalue weighted by Crippen LogP contribution is -2.16. The van der Waals surface area contributed by atoms with Gasteiger partial charge >= 0.3 is 11.2 Å². The summed E-state index contributed by atoms with van der Waals surface area (Å²) in [4.78, 5) is 25.3. The van der Waals surface area contributed by atoms with Crippen molar-refractivity contribution in [2.45, 2.75) is 87.0 Å². The van der Waals surface area contributed by atoms with E-state index < -0.39 is 10.1 Å².